The lowest BCUT2D eigenvalue weighted by Gasteiger charge is -2.19. The Morgan fingerprint density at radius 1 is 1.17 bits per heavy atom. The van der Waals surface area contributed by atoms with Gasteiger partial charge in [0.15, 0.2) is 0 Å². The zero-order valence-electron chi connectivity index (χ0n) is 16.2. The third kappa shape index (κ3) is 3.90. The summed E-state index contributed by atoms with van der Waals surface area (Å²) in [6.45, 7) is 2.00. The van der Waals surface area contributed by atoms with Crippen molar-refractivity contribution in [2.24, 2.45) is 0 Å². The quantitative estimate of drug-likeness (QED) is 0.645. The van der Waals surface area contributed by atoms with Gasteiger partial charge in [-0.05, 0) is 49.2 Å². The zero-order valence-corrected chi connectivity index (χ0v) is 17.1. The van der Waals surface area contributed by atoms with E-state index in [1.807, 2.05) is 12.1 Å². The van der Waals surface area contributed by atoms with Gasteiger partial charge in [0.25, 0.3) is 5.91 Å². The highest BCUT2D eigenvalue weighted by Gasteiger charge is 2.29. The second kappa shape index (κ2) is 7.86. The summed E-state index contributed by atoms with van der Waals surface area (Å²) in [5.41, 5.74) is 2.26. The van der Waals surface area contributed by atoms with Gasteiger partial charge in [-0.25, -0.2) is 22.5 Å². The third-order valence-corrected chi connectivity index (χ3v) is 6.64. The van der Waals surface area contributed by atoms with E-state index < -0.39 is 15.9 Å². The molecule has 10 heteroatoms. The van der Waals surface area contributed by atoms with Crippen molar-refractivity contribution in [3.05, 3.63) is 71.6 Å². The van der Waals surface area contributed by atoms with E-state index in [-0.39, 0.29) is 23.9 Å². The van der Waals surface area contributed by atoms with Crippen LogP contribution in [0.3, 0.4) is 0 Å². The maximum Gasteiger partial charge on any atom is 0.291 e. The number of halogens is 1. The highest BCUT2D eigenvalue weighted by atomic mass is 32.2. The molecule has 0 unspecified atom stereocenters. The van der Waals surface area contributed by atoms with Crippen LogP contribution in [0.15, 0.2) is 48.5 Å². The highest BCUT2D eigenvalue weighted by Crippen LogP contribution is 2.29. The van der Waals surface area contributed by atoms with Crippen molar-refractivity contribution in [2.45, 2.75) is 13.3 Å². The van der Waals surface area contributed by atoms with E-state index in [2.05, 4.69) is 15.4 Å². The number of para-hydroxylation sites is 1. The summed E-state index contributed by atoms with van der Waals surface area (Å²) in [5.74, 6) is -0.814. The number of sulfonamides is 1. The van der Waals surface area contributed by atoms with Crippen molar-refractivity contribution < 1.29 is 17.6 Å². The molecule has 0 fully saturated rings. The fourth-order valence-electron chi connectivity index (χ4n) is 3.39. The molecule has 0 saturated heterocycles. The van der Waals surface area contributed by atoms with Gasteiger partial charge in [-0.3, -0.25) is 9.10 Å². The number of nitrogens with zero attached hydrogens (tertiary/aromatic N) is 4. The molecular weight excluding hydrogens is 409 g/mol. The fraction of sp³-hybridized carbons (Fsp3) is 0.250. The van der Waals surface area contributed by atoms with E-state index in [0.717, 1.165) is 5.56 Å². The largest absolute Gasteiger partial charge is 0.348 e. The van der Waals surface area contributed by atoms with Crippen LogP contribution in [0.4, 0.5) is 10.1 Å². The Hall–Kier alpha value is -3.27. The number of rotatable bonds is 6. The average Bonchev–Trinajstić information content (AvgIpc) is 3.33. The van der Waals surface area contributed by atoms with Crippen LogP contribution < -0.4 is 9.62 Å². The first kappa shape index (κ1) is 20.0. The van der Waals surface area contributed by atoms with E-state index >= 15 is 0 Å². The molecule has 0 radical (unpaired) electrons. The van der Waals surface area contributed by atoms with E-state index in [0.29, 0.717) is 30.2 Å². The van der Waals surface area contributed by atoms with Gasteiger partial charge in [-0.1, -0.05) is 18.2 Å². The standard InChI is InChI=1S/C20H20FN5O3S/c1-14-23-19(24-26(14)17-8-6-16(21)7-9-17)20(27)22-11-13-30(28,29)25-12-10-15-4-2-3-5-18(15)25/h2-9H,10-13H2,1H3,(H,22,27). The smallest absolute Gasteiger partial charge is 0.291 e. The Bertz CT molecular complexity index is 1190. The Balaban J connectivity index is 1.40. The van der Waals surface area contributed by atoms with Crippen molar-refractivity contribution in [2.75, 3.05) is 23.1 Å². The molecule has 1 aliphatic rings. The summed E-state index contributed by atoms with van der Waals surface area (Å²) >= 11 is 0. The fourth-order valence-corrected chi connectivity index (χ4v) is 4.82. The van der Waals surface area contributed by atoms with E-state index in [4.69, 9.17) is 0 Å². The lowest BCUT2D eigenvalue weighted by atomic mass is 10.2. The van der Waals surface area contributed by atoms with Crippen LogP contribution in [-0.4, -0.2) is 47.9 Å². The van der Waals surface area contributed by atoms with Crippen molar-refractivity contribution in [3.8, 4) is 5.69 Å². The number of carbonyl (C=O) groups excluding carboxylic acids is 1. The second-order valence-corrected chi connectivity index (χ2v) is 8.91. The monoisotopic (exact) mass is 429 g/mol. The zero-order chi connectivity index (χ0) is 21.3. The van der Waals surface area contributed by atoms with Crippen LogP contribution >= 0.6 is 0 Å². The minimum absolute atomic E-state index is 0.0655. The molecule has 3 aromatic rings. The van der Waals surface area contributed by atoms with E-state index in [1.165, 1.54) is 33.3 Å². The summed E-state index contributed by atoms with van der Waals surface area (Å²) in [6, 6.07) is 13.0. The molecular formula is C20H20FN5O3S. The predicted molar refractivity (Wildman–Crippen MR) is 110 cm³/mol. The number of aryl methyl sites for hydroxylation is 1. The number of hydrogen-bond donors (Lipinski definition) is 1. The molecule has 8 nitrogen and oxygen atoms in total. The van der Waals surface area contributed by atoms with E-state index in [9.17, 15) is 17.6 Å². The Labute approximate surface area is 173 Å². The molecule has 0 bridgehead atoms. The van der Waals surface area contributed by atoms with Crippen LogP contribution in [0, 0.1) is 12.7 Å². The molecule has 1 N–H and O–H groups in total. The Kier molecular flexibility index (Phi) is 5.25. The van der Waals surface area contributed by atoms with Crippen LogP contribution in [-0.2, 0) is 16.4 Å². The summed E-state index contributed by atoms with van der Waals surface area (Å²) in [7, 11) is -3.56. The average molecular weight is 429 g/mol. The molecule has 1 aromatic heterocycles. The number of anilines is 1. The lowest BCUT2D eigenvalue weighted by Crippen LogP contribution is -2.37. The highest BCUT2D eigenvalue weighted by molar-refractivity contribution is 7.92. The minimum Gasteiger partial charge on any atom is -0.348 e. The summed E-state index contributed by atoms with van der Waals surface area (Å²) in [5, 5.41) is 6.70. The number of amides is 1. The van der Waals surface area contributed by atoms with Gasteiger partial charge in [-0.15, -0.1) is 5.10 Å². The number of nitrogens with one attached hydrogen (secondary N) is 1. The number of hydrogen-bond acceptors (Lipinski definition) is 5. The van der Waals surface area contributed by atoms with Crippen molar-refractivity contribution in [1.82, 2.24) is 20.1 Å². The van der Waals surface area contributed by atoms with Crippen LogP contribution in [0.25, 0.3) is 5.69 Å². The first-order chi connectivity index (χ1) is 14.3. The number of carbonyl (C=O) groups is 1. The Morgan fingerprint density at radius 2 is 1.90 bits per heavy atom. The molecule has 0 spiro atoms. The number of fused-ring (bicyclic) bond motifs is 1. The van der Waals surface area contributed by atoms with Crippen molar-refractivity contribution in [1.29, 1.82) is 0 Å². The first-order valence-electron chi connectivity index (χ1n) is 9.41. The normalized spacial score (nSPS) is 13.3. The summed E-state index contributed by atoms with van der Waals surface area (Å²) < 4.78 is 41.3. The summed E-state index contributed by atoms with van der Waals surface area (Å²) in [4.78, 5) is 16.5. The number of aromatic nitrogens is 3. The molecule has 2 heterocycles. The van der Waals surface area contributed by atoms with Crippen LogP contribution in [0.5, 0.6) is 0 Å². The van der Waals surface area contributed by atoms with Gasteiger partial charge < -0.3 is 5.32 Å². The van der Waals surface area contributed by atoms with Crippen molar-refractivity contribution in [3.63, 3.8) is 0 Å². The van der Waals surface area contributed by atoms with Crippen LogP contribution in [0.1, 0.15) is 22.0 Å². The van der Waals surface area contributed by atoms with Gasteiger partial charge in [0.2, 0.25) is 15.8 Å². The van der Waals surface area contributed by atoms with Crippen LogP contribution in [0.2, 0.25) is 0 Å². The minimum atomic E-state index is -3.56. The van der Waals surface area contributed by atoms with Gasteiger partial charge in [-0.2, -0.15) is 0 Å². The van der Waals surface area contributed by atoms with Crippen molar-refractivity contribution >= 4 is 21.6 Å². The predicted octanol–water partition coefficient (Wildman–Crippen LogP) is 1.84. The molecule has 1 aliphatic heterocycles. The Morgan fingerprint density at radius 3 is 2.67 bits per heavy atom. The second-order valence-electron chi connectivity index (χ2n) is 6.89. The molecule has 4 rings (SSSR count). The topological polar surface area (TPSA) is 97.2 Å². The van der Waals surface area contributed by atoms with Gasteiger partial charge in [0.1, 0.15) is 11.6 Å². The molecule has 30 heavy (non-hydrogen) atoms. The molecule has 0 atom stereocenters. The lowest BCUT2D eigenvalue weighted by molar-refractivity contribution is 0.0946. The molecule has 2 aromatic carbocycles. The van der Waals surface area contributed by atoms with E-state index in [1.54, 1.807) is 19.1 Å². The molecule has 1 amide bonds. The molecule has 156 valence electrons. The molecule has 0 saturated carbocycles. The summed E-state index contributed by atoms with van der Waals surface area (Å²) in [6.07, 6.45) is 0.672. The van der Waals surface area contributed by atoms with Gasteiger partial charge >= 0.3 is 0 Å². The number of benzene rings is 2. The van der Waals surface area contributed by atoms with Gasteiger partial charge in [0.05, 0.1) is 17.1 Å². The third-order valence-electron chi connectivity index (χ3n) is 4.87. The first-order valence-corrected chi connectivity index (χ1v) is 11.0. The SMILES string of the molecule is Cc1nc(C(=O)NCCS(=O)(=O)N2CCc3ccccc32)nn1-c1ccc(F)cc1. The maximum atomic E-state index is 13.1. The van der Waals surface area contributed by atoms with Gasteiger partial charge in [0, 0.05) is 13.1 Å². The maximum absolute atomic E-state index is 13.1. The molecule has 0 aliphatic carbocycles.